The van der Waals surface area contributed by atoms with Gasteiger partial charge in [-0.25, -0.2) is 4.98 Å². The number of aryl methyl sites for hydroxylation is 3. The molecule has 0 saturated carbocycles. The van der Waals surface area contributed by atoms with Gasteiger partial charge in [-0.1, -0.05) is 191 Å². The number of imidazole rings is 1. The normalized spacial score (nSPS) is 15.7. The second-order valence-electron chi connectivity index (χ2n) is 18.6. The molecule has 71 heavy (non-hydrogen) atoms. The summed E-state index contributed by atoms with van der Waals surface area (Å²) in [4.78, 5) is 10.3. The zero-order valence-electron chi connectivity index (χ0n) is 55.8. The van der Waals surface area contributed by atoms with Crippen LogP contribution < -0.4 is 4.74 Å². The molecule has 4 nitrogen and oxygen atoms in total. The molecule has 10 aromatic rings. The summed E-state index contributed by atoms with van der Waals surface area (Å²) >= 11 is 0. The van der Waals surface area contributed by atoms with E-state index in [1.54, 1.807) is 6.07 Å². The fourth-order valence-electron chi connectivity index (χ4n) is 9.09. The van der Waals surface area contributed by atoms with Crippen LogP contribution in [0.2, 0.25) is 0 Å². The third-order valence-electron chi connectivity index (χ3n) is 12.6. The number of ether oxygens (including phenoxy) is 1. The van der Waals surface area contributed by atoms with Crippen LogP contribution in [0.1, 0.15) is 91.1 Å². The van der Waals surface area contributed by atoms with Gasteiger partial charge in [-0.3, -0.25) is 9.55 Å². The molecule has 0 N–H and O–H groups in total. The molecule has 0 saturated heterocycles. The van der Waals surface area contributed by atoms with Crippen LogP contribution in [-0.2, 0) is 31.9 Å². The summed E-state index contributed by atoms with van der Waals surface area (Å²) in [5.74, 6) is 0.873. The second-order valence-corrected chi connectivity index (χ2v) is 18.6. The van der Waals surface area contributed by atoms with Crippen molar-refractivity contribution in [3.63, 3.8) is 0 Å². The number of hydrogen-bond donors (Lipinski definition) is 0. The Balaban J connectivity index is 0.00000902. The van der Waals surface area contributed by atoms with Crippen molar-refractivity contribution in [3.05, 3.63) is 223 Å². The van der Waals surface area contributed by atoms with Crippen LogP contribution >= 0.6 is 0 Å². The van der Waals surface area contributed by atoms with Crippen LogP contribution in [0, 0.1) is 33.9 Å². The quantitative estimate of drug-likeness (QED) is 0.135. The fraction of sp³-hybridized carbons (Fsp3) is 0.167. The maximum Gasteiger partial charge on any atom is 2.00 e. The van der Waals surface area contributed by atoms with E-state index in [9.17, 15) is 2.74 Å². The third-order valence-corrected chi connectivity index (χ3v) is 12.6. The molecule has 2 aromatic heterocycles. The molecule has 0 fully saturated rings. The molecule has 0 atom stereocenters. The Morgan fingerprint density at radius 1 is 0.577 bits per heavy atom. The Morgan fingerprint density at radius 3 is 1.94 bits per heavy atom. The van der Waals surface area contributed by atoms with Gasteiger partial charge in [0.1, 0.15) is 5.82 Å². The van der Waals surface area contributed by atoms with Crippen molar-refractivity contribution in [3.8, 4) is 89.7 Å². The standard InChI is InChI=1S/C66H59N3O.Pt/c1-42-34-44(3)63(70-10)58(35-42)64-68-62-55(51-37-50(45-18-13-11-14-19-45)38-52(39-51)59-40-49(32-33-67-59)46-24-28-53(29-25-46)65(4,5)6)22-17-23-60(62)69(64)61-36-43(2)56(47-20-15-12-16-21-47)41-57(61)48-26-30-54(31-27-48)66(7,8)9;/h11-38,40-41H,10H2,1-9H3;/q-2;+2/i2D3,4D3,5D3,6D3,24D,25D,28D,29D;. The van der Waals surface area contributed by atoms with Crippen molar-refractivity contribution in [2.75, 3.05) is 0 Å². The summed E-state index contributed by atoms with van der Waals surface area (Å²) in [7, 11) is 3.88. The maximum atomic E-state index is 9.21. The van der Waals surface area contributed by atoms with Crippen molar-refractivity contribution >= 4 is 11.0 Å². The van der Waals surface area contributed by atoms with Crippen LogP contribution in [0.3, 0.4) is 0 Å². The zero-order chi connectivity index (χ0) is 62.4. The van der Waals surface area contributed by atoms with E-state index in [0.717, 1.165) is 38.9 Å². The monoisotopic (exact) mass is 1120 g/mol. The van der Waals surface area contributed by atoms with Crippen molar-refractivity contribution < 1.29 is 47.7 Å². The SMILES string of the molecule is [2H]c1c([2H])c(C(C([2H])([2H])[2H])(C([2H])([2H])[2H])C([2H])([2H])[2H])c([2H])c([2H])c1-c1ccnc(-c2[c-]c(-c3cccc4c3nc(-c3cc(C)cc(C)c3O[CH2-])n4-c3cc(C([2H])([2H])[2H])c(-c4ccccc4)cc3-c3ccc(C(C)(C)C)cc3)cc(-c3ccccc3)c2)c1.[Pt+2]. The van der Waals surface area contributed by atoms with Gasteiger partial charge in [0.2, 0.25) is 0 Å². The van der Waals surface area contributed by atoms with Crippen LogP contribution in [0.5, 0.6) is 5.75 Å². The predicted octanol–water partition coefficient (Wildman–Crippen LogP) is 17.6. The summed E-state index contributed by atoms with van der Waals surface area (Å²) in [6.07, 6.45) is 1.39. The van der Waals surface area contributed by atoms with Gasteiger partial charge in [-0.05, 0) is 123 Å². The van der Waals surface area contributed by atoms with Crippen molar-refractivity contribution in [1.29, 1.82) is 0 Å². The minimum atomic E-state index is -3.84. The molecule has 0 aliphatic heterocycles. The van der Waals surface area contributed by atoms with Crippen molar-refractivity contribution in [2.45, 2.75) is 72.9 Å². The molecule has 354 valence electrons. The van der Waals surface area contributed by atoms with Crippen LogP contribution in [0.15, 0.2) is 182 Å². The molecule has 0 aliphatic carbocycles. The predicted molar refractivity (Wildman–Crippen MR) is 293 cm³/mol. The maximum absolute atomic E-state index is 9.21. The van der Waals surface area contributed by atoms with E-state index >= 15 is 0 Å². The van der Waals surface area contributed by atoms with E-state index in [0.29, 0.717) is 61.7 Å². The molecule has 8 aromatic carbocycles. The first kappa shape index (κ1) is 32.7. The number of hydrogen-bond acceptors (Lipinski definition) is 3. The van der Waals surface area contributed by atoms with E-state index in [-0.39, 0.29) is 48.9 Å². The summed E-state index contributed by atoms with van der Waals surface area (Å²) in [5.41, 5.74) is 5.70. The molecule has 0 aliphatic rings. The number of rotatable bonds is 9. The van der Waals surface area contributed by atoms with E-state index in [1.165, 1.54) is 18.3 Å². The minimum Gasteiger partial charge on any atom is -0.665 e. The Bertz CT molecular complexity index is 4190. The Morgan fingerprint density at radius 2 is 1.27 bits per heavy atom. The molecular weight excluding hydrogens is 1050 g/mol. The number of nitrogens with zero attached hydrogens (tertiary/aromatic N) is 3. The van der Waals surface area contributed by atoms with Gasteiger partial charge < -0.3 is 4.74 Å². The van der Waals surface area contributed by atoms with Gasteiger partial charge in [0.25, 0.3) is 0 Å². The van der Waals surface area contributed by atoms with E-state index in [1.807, 2.05) is 128 Å². The van der Waals surface area contributed by atoms with Gasteiger partial charge in [-0.2, -0.15) is 7.11 Å². The topological polar surface area (TPSA) is 39.9 Å². The Labute approximate surface area is 457 Å². The molecule has 0 amide bonds. The smallest absolute Gasteiger partial charge is 0.665 e. The molecule has 2 heterocycles. The Hall–Kier alpha value is -7.13. The number of benzene rings is 8. The molecule has 5 heteroatoms. The Kier molecular flexibility index (Phi) is 9.02. The first-order chi connectivity index (χ1) is 40.3. The molecular formula is C66H59N3OPt. The number of para-hydroxylation sites is 1. The molecule has 10 rings (SSSR count). The number of pyridine rings is 1. The van der Waals surface area contributed by atoms with Crippen LogP contribution in [0.4, 0.5) is 0 Å². The minimum absolute atomic E-state index is 0. The summed E-state index contributed by atoms with van der Waals surface area (Å²) < 4.78 is 146. The van der Waals surface area contributed by atoms with E-state index in [4.69, 9.17) is 33.9 Å². The first-order valence-corrected chi connectivity index (χ1v) is 22.9. The van der Waals surface area contributed by atoms with Gasteiger partial charge in [0.15, 0.2) is 0 Å². The molecule has 0 spiro atoms. The molecule has 0 unspecified atom stereocenters. The molecule has 0 bridgehead atoms. The van der Waals surface area contributed by atoms with E-state index in [2.05, 4.69) is 58.2 Å². The van der Waals surface area contributed by atoms with E-state index < -0.39 is 62.6 Å². The van der Waals surface area contributed by atoms with Crippen molar-refractivity contribution in [2.24, 2.45) is 0 Å². The summed E-state index contributed by atoms with van der Waals surface area (Å²) in [5, 5.41) is 0. The van der Waals surface area contributed by atoms with Gasteiger partial charge in [0, 0.05) is 33.9 Å². The zero-order valence-corrected chi connectivity index (χ0v) is 42.1. The average Bonchev–Trinajstić information content (AvgIpc) is 1.03. The van der Waals surface area contributed by atoms with Crippen LogP contribution in [0.25, 0.3) is 95.0 Å². The molecule has 0 radical (unpaired) electrons. The summed E-state index contributed by atoms with van der Waals surface area (Å²) in [6.45, 7) is -3.80. The average molecular weight is 1120 g/mol. The van der Waals surface area contributed by atoms with Crippen molar-refractivity contribution in [1.82, 2.24) is 14.5 Å². The third kappa shape index (κ3) is 9.71. The van der Waals surface area contributed by atoms with Gasteiger partial charge >= 0.3 is 21.1 Å². The second kappa shape index (κ2) is 19.6. The first-order valence-electron chi connectivity index (χ1n) is 30.9. The largest absolute Gasteiger partial charge is 2.00 e. The number of fused-ring (bicyclic) bond motifs is 1. The van der Waals surface area contributed by atoms with Crippen LogP contribution in [-0.4, -0.2) is 14.5 Å². The van der Waals surface area contributed by atoms with Gasteiger partial charge in [-0.15, -0.1) is 23.8 Å². The summed E-state index contributed by atoms with van der Waals surface area (Å²) in [6, 6.07) is 46.9. The number of aromatic nitrogens is 3. The fourth-order valence-corrected chi connectivity index (χ4v) is 9.09. The van der Waals surface area contributed by atoms with Gasteiger partial charge in [0.05, 0.1) is 33.5 Å².